The quantitative estimate of drug-likeness (QED) is 0.847. The Labute approximate surface area is 121 Å². The van der Waals surface area contributed by atoms with Crippen LogP contribution in [0.1, 0.15) is 49.1 Å². The summed E-state index contributed by atoms with van der Waals surface area (Å²) < 4.78 is 32.7. The fraction of sp³-hybridized carbons (Fsp3) is 0.467. The van der Waals surface area contributed by atoms with E-state index in [4.69, 9.17) is 4.42 Å². The van der Waals surface area contributed by atoms with E-state index in [1.54, 1.807) is 0 Å². The molecule has 0 N–H and O–H groups in total. The molecule has 112 valence electrons. The van der Waals surface area contributed by atoms with Crippen LogP contribution in [0.25, 0.3) is 0 Å². The molecule has 1 heterocycles. The Morgan fingerprint density at radius 2 is 2.10 bits per heavy atom. The highest BCUT2D eigenvalue weighted by atomic mass is 19.1. The average Bonchev–Trinajstić information content (AvgIpc) is 3.21. The van der Waals surface area contributed by atoms with Crippen LogP contribution in [0.15, 0.2) is 22.6 Å². The molecule has 1 unspecified atom stereocenters. The monoisotopic (exact) mass is 293 g/mol. The van der Waals surface area contributed by atoms with E-state index in [0.717, 1.165) is 25.0 Å². The predicted molar refractivity (Wildman–Crippen MR) is 72.5 cm³/mol. The molecule has 1 aromatic heterocycles. The molecule has 4 nitrogen and oxygen atoms in total. The number of hydrogen-bond acceptors (Lipinski definition) is 4. The second kappa shape index (κ2) is 5.52. The van der Waals surface area contributed by atoms with E-state index in [-0.39, 0.29) is 6.04 Å². The maximum absolute atomic E-state index is 13.8. The van der Waals surface area contributed by atoms with Crippen molar-refractivity contribution in [3.8, 4) is 0 Å². The zero-order valence-electron chi connectivity index (χ0n) is 12.0. The number of aromatic nitrogens is 2. The van der Waals surface area contributed by atoms with Gasteiger partial charge in [0.1, 0.15) is 11.6 Å². The van der Waals surface area contributed by atoms with Crippen LogP contribution in [0.5, 0.6) is 0 Å². The Balaban J connectivity index is 1.71. The largest absolute Gasteiger partial charge is 0.424 e. The van der Waals surface area contributed by atoms with E-state index in [1.165, 1.54) is 6.07 Å². The summed E-state index contributed by atoms with van der Waals surface area (Å²) in [6.45, 7) is 2.22. The van der Waals surface area contributed by atoms with Gasteiger partial charge in [0, 0.05) is 17.5 Å². The zero-order valence-corrected chi connectivity index (χ0v) is 12.0. The molecule has 1 aliphatic carbocycles. The fourth-order valence-corrected chi connectivity index (χ4v) is 2.25. The highest BCUT2D eigenvalue weighted by Crippen LogP contribution is 2.39. The highest BCUT2D eigenvalue weighted by molar-refractivity contribution is 5.21. The molecule has 0 bridgehead atoms. The van der Waals surface area contributed by atoms with Crippen molar-refractivity contribution in [3.05, 3.63) is 47.2 Å². The minimum Gasteiger partial charge on any atom is -0.424 e. The first-order valence-corrected chi connectivity index (χ1v) is 7.02. The molecule has 0 aliphatic heterocycles. The molecule has 0 saturated heterocycles. The van der Waals surface area contributed by atoms with Crippen LogP contribution in [0.4, 0.5) is 8.78 Å². The van der Waals surface area contributed by atoms with Gasteiger partial charge in [0.2, 0.25) is 11.8 Å². The Bertz CT molecular complexity index is 640. The van der Waals surface area contributed by atoms with E-state index in [9.17, 15) is 8.78 Å². The molecular formula is C15H17F2N3O. The van der Waals surface area contributed by atoms with E-state index < -0.39 is 11.6 Å². The lowest BCUT2D eigenvalue weighted by atomic mass is 10.1. The minimum absolute atomic E-state index is 0.294. The van der Waals surface area contributed by atoms with Gasteiger partial charge in [-0.2, -0.15) is 0 Å². The summed E-state index contributed by atoms with van der Waals surface area (Å²) in [5.41, 5.74) is 0.319. The van der Waals surface area contributed by atoms with Crippen molar-refractivity contribution in [1.82, 2.24) is 15.1 Å². The summed E-state index contributed by atoms with van der Waals surface area (Å²) >= 11 is 0. The molecule has 1 atom stereocenters. The molecule has 1 aromatic carbocycles. The van der Waals surface area contributed by atoms with Gasteiger partial charge in [0.05, 0.1) is 6.54 Å². The second-order valence-corrected chi connectivity index (χ2v) is 5.57. The number of benzene rings is 1. The van der Waals surface area contributed by atoms with Gasteiger partial charge in [0.25, 0.3) is 0 Å². The molecular weight excluding hydrogens is 276 g/mol. The number of halogens is 2. The summed E-state index contributed by atoms with van der Waals surface area (Å²) in [5.74, 6) is 0.737. The smallest absolute Gasteiger partial charge is 0.230 e. The Hall–Kier alpha value is -1.82. The number of rotatable bonds is 5. The van der Waals surface area contributed by atoms with Crippen LogP contribution in [0.2, 0.25) is 0 Å². The molecule has 2 aromatic rings. The topological polar surface area (TPSA) is 42.2 Å². The van der Waals surface area contributed by atoms with Crippen LogP contribution in [0, 0.1) is 11.6 Å². The van der Waals surface area contributed by atoms with Gasteiger partial charge in [-0.1, -0.05) is 0 Å². The van der Waals surface area contributed by atoms with Gasteiger partial charge < -0.3 is 4.42 Å². The second-order valence-electron chi connectivity index (χ2n) is 5.57. The third kappa shape index (κ3) is 3.10. The van der Waals surface area contributed by atoms with E-state index >= 15 is 0 Å². The Morgan fingerprint density at radius 3 is 2.81 bits per heavy atom. The van der Waals surface area contributed by atoms with Gasteiger partial charge in [-0.05, 0) is 45.0 Å². The minimum atomic E-state index is -0.444. The molecule has 21 heavy (non-hydrogen) atoms. The lowest BCUT2D eigenvalue weighted by Crippen LogP contribution is -2.23. The van der Waals surface area contributed by atoms with Gasteiger partial charge >= 0.3 is 0 Å². The first kappa shape index (κ1) is 14.1. The molecule has 0 radical (unpaired) electrons. The predicted octanol–water partition coefficient (Wildman–Crippen LogP) is 3.42. The highest BCUT2D eigenvalue weighted by Gasteiger charge is 2.29. The van der Waals surface area contributed by atoms with Gasteiger partial charge in [-0.25, -0.2) is 8.78 Å². The van der Waals surface area contributed by atoms with E-state index in [2.05, 4.69) is 10.2 Å². The van der Waals surface area contributed by atoms with Gasteiger partial charge in [0.15, 0.2) is 0 Å². The normalized spacial score (nSPS) is 16.4. The van der Waals surface area contributed by atoms with Crippen molar-refractivity contribution >= 4 is 0 Å². The summed E-state index contributed by atoms with van der Waals surface area (Å²) in [6.07, 6.45) is 2.20. The molecule has 3 rings (SSSR count). The maximum atomic E-state index is 13.8. The third-order valence-electron chi connectivity index (χ3n) is 3.86. The first-order valence-electron chi connectivity index (χ1n) is 7.02. The Kier molecular flexibility index (Phi) is 3.71. The van der Waals surface area contributed by atoms with Crippen LogP contribution in [0.3, 0.4) is 0 Å². The van der Waals surface area contributed by atoms with Crippen molar-refractivity contribution < 1.29 is 13.2 Å². The van der Waals surface area contributed by atoms with Crippen molar-refractivity contribution in [3.63, 3.8) is 0 Å². The lowest BCUT2D eigenvalue weighted by molar-refractivity contribution is 0.221. The molecule has 1 fully saturated rings. The first-order chi connectivity index (χ1) is 10.0. The Morgan fingerprint density at radius 1 is 1.33 bits per heavy atom. The fourth-order valence-electron chi connectivity index (χ4n) is 2.25. The van der Waals surface area contributed by atoms with E-state index in [1.807, 2.05) is 18.9 Å². The van der Waals surface area contributed by atoms with Crippen molar-refractivity contribution in [2.45, 2.75) is 38.3 Å². The SMILES string of the molecule is CC(c1cc(F)ccc1F)N(C)Cc1nnc(C2CC2)o1. The van der Waals surface area contributed by atoms with Crippen LogP contribution >= 0.6 is 0 Å². The third-order valence-corrected chi connectivity index (χ3v) is 3.86. The van der Waals surface area contributed by atoms with Gasteiger partial charge in [-0.3, -0.25) is 4.90 Å². The summed E-state index contributed by atoms with van der Waals surface area (Å²) in [5, 5.41) is 8.02. The van der Waals surface area contributed by atoms with Crippen LogP contribution in [-0.4, -0.2) is 22.1 Å². The van der Waals surface area contributed by atoms with Crippen molar-refractivity contribution in [2.24, 2.45) is 0 Å². The zero-order chi connectivity index (χ0) is 15.0. The molecule has 0 spiro atoms. The van der Waals surface area contributed by atoms with Crippen LogP contribution in [-0.2, 0) is 6.54 Å². The number of nitrogens with zero attached hydrogens (tertiary/aromatic N) is 3. The summed E-state index contributed by atoms with van der Waals surface area (Å²) in [7, 11) is 1.82. The molecule has 0 amide bonds. The van der Waals surface area contributed by atoms with E-state index in [0.29, 0.717) is 29.8 Å². The molecule has 1 saturated carbocycles. The maximum Gasteiger partial charge on any atom is 0.230 e. The lowest BCUT2D eigenvalue weighted by Gasteiger charge is -2.23. The summed E-state index contributed by atoms with van der Waals surface area (Å²) in [6, 6.07) is 3.19. The molecule has 1 aliphatic rings. The number of hydrogen-bond donors (Lipinski definition) is 0. The molecule has 6 heteroatoms. The van der Waals surface area contributed by atoms with Crippen molar-refractivity contribution in [1.29, 1.82) is 0 Å². The summed E-state index contributed by atoms with van der Waals surface area (Å²) in [4.78, 5) is 1.85. The van der Waals surface area contributed by atoms with Crippen molar-refractivity contribution in [2.75, 3.05) is 7.05 Å². The average molecular weight is 293 g/mol. The standard InChI is InChI=1S/C15H17F2N3O/c1-9(12-7-11(16)5-6-13(12)17)20(2)8-14-18-19-15(21-14)10-3-4-10/h5-7,9-10H,3-4,8H2,1-2H3. The van der Waals surface area contributed by atoms with Crippen LogP contribution < -0.4 is 0 Å². The van der Waals surface area contributed by atoms with Gasteiger partial charge in [-0.15, -0.1) is 10.2 Å².